The standard InChI is InChI=1S/C27H36N4O2/c1-17-8-7-9-18(2)24(17)14-28-25-13-21(12-23-19(3)20(4)29-26(23)25)27(32)31-15-22(16-31)30(5)10-11-33-6/h7-9,12-13,22,28-29H,10-11,14-16H2,1-6H3. The Labute approximate surface area is 196 Å². The first-order valence-electron chi connectivity index (χ1n) is 11.7. The zero-order chi connectivity index (χ0) is 23.7. The molecule has 3 aromatic rings. The van der Waals surface area contributed by atoms with E-state index < -0.39 is 0 Å². The number of nitrogens with one attached hydrogen (secondary N) is 2. The van der Waals surface area contributed by atoms with Gasteiger partial charge in [0, 0.05) is 56.0 Å². The number of nitrogens with zero attached hydrogens (tertiary/aromatic N) is 2. The molecule has 0 saturated carbocycles. The molecule has 0 aliphatic carbocycles. The van der Waals surface area contributed by atoms with Crippen molar-refractivity contribution in [2.75, 3.05) is 45.7 Å². The van der Waals surface area contributed by atoms with Gasteiger partial charge in [0.25, 0.3) is 5.91 Å². The number of amides is 1. The number of likely N-dealkylation sites (N-methyl/N-ethyl adjacent to an activating group) is 1. The van der Waals surface area contributed by atoms with Crippen molar-refractivity contribution in [3.05, 3.63) is 63.8 Å². The van der Waals surface area contributed by atoms with Gasteiger partial charge in [0.15, 0.2) is 0 Å². The second kappa shape index (κ2) is 9.57. The van der Waals surface area contributed by atoms with Crippen LogP contribution in [0.15, 0.2) is 30.3 Å². The van der Waals surface area contributed by atoms with Gasteiger partial charge < -0.3 is 19.9 Å². The summed E-state index contributed by atoms with van der Waals surface area (Å²) < 4.78 is 5.18. The number of likely N-dealkylation sites (tertiary alicyclic amines) is 1. The number of aromatic amines is 1. The Morgan fingerprint density at radius 3 is 2.55 bits per heavy atom. The van der Waals surface area contributed by atoms with E-state index in [2.05, 4.69) is 68.1 Å². The maximum atomic E-state index is 13.4. The summed E-state index contributed by atoms with van der Waals surface area (Å²) in [7, 11) is 3.82. The van der Waals surface area contributed by atoms with Crippen molar-refractivity contribution in [2.45, 2.75) is 40.3 Å². The van der Waals surface area contributed by atoms with Gasteiger partial charge >= 0.3 is 0 Å². The van der Waals surface area contributed by atoms with Gasteiger partial charge in [0.2, 0.25) is 0 Å². The van der Waals surface area contributed by atoms with E-state index in [1.807, 2.05) is 17.0 Å². The average molecular weight is 449 g/mol. The zero-order valence-electron chi connectivity index (χ0n) is 20.7. The predicted octanol–water partition coefficient (Wildman–Crippen LogP) is 4.42. The Kier molecular flexibility index (Phi) is 6.77. The molecule has 4 rings (SSSR count). The van der Waals surface area contributed by atoms with Crippen LogP contribution in [0.25, 0.3) is 10.9 Å². The van der Waals surface area contributed by atoms with Crippen LogP contribution in [-0.2, 0) is 11.3 Å². The predicted molar refractivity (Wildman–Crippen MR) is 135 cm³/mol. The summed E-state index contributed by atoms with van der Waals surface area (Å²) in [5, 5.41) is 4.73. The Bertz CT molecular complexity index is 1140. The molecule has 0 bridgehead atoms. The maximum Gasteiger partial charge on any atom is 0.254 e. The Balaban J connectivity index is 1.57. The largest absolute Gasteiger partial charge is 0.383 e. The molecule has 0 atom stereocenters. The van der Waals surface area contributed by atoms with Crippen LogP contribution < -0.4 is 5.32 Å². The van der Waals surface area contributed by atoms with Crippen LogP contribution in [0.4, 0.5) is 5.69 Å². The lowest BCUT2D eigenvalue weighted by molar-refractivity contribution is 0.0276. The van der Waals surface area contributed by atoms with Gasteiger partial charge in [-0.3, -0.25) is 9.69 Å². The summed E-state index contributed by atoms with van der Waals surface area (Å²) in [5.74, 6) is 0.0988. The number of benzene rings is 2. The second-order valence-electron chi connectivity index (χ2n) is 9.38. The van der Waals surface area contributed by atoms with Crippen molar-refractivity contribution in [3.63, 3.8) is 0 Å². The number of carbonyl (C=O) groups excluding carboxylic acids is 1. The Hall–Kier alpha value is -2.83. The number of rotatable bonds is 8. The summed E-state index contributed by atoms with van der Waals surface area (Å²) in [4.78, 5) is 21.1. The van der Waals surface area contributed by atoms with Crippen LogP contribution in [0.3, 0.4) is 0 Å². The van der Waals surface area contributed by atoms with E-state index in [1.54, 1.807) is 7.11 Å². The Morgan fingerprint density at radius 1 is 1.18 bits per heavy atom. The van der Waals surface area contributed by atoms with Gasteiger partial charge in [-0.2, -0.15) is 0 Å². The molecule has 1 amide bonds. The summed E-state index contributed by atoms with van der Waals surface area (Å²) in [6.07, 6.45) is 0. The van der Waals surface area contributed by atoms with E-state index in [0.29, 0.717) is 12.6 Å². The minimum absolute atomic E-state index is 0.0988. The summed E-state index contributed by atoms with van der Waals surface area (Å²) in [6.45, 7) is 12.3. The van der Waals surface area contributed by atoms with Crippen LogP contribution >= 0.6 is 0 Å². The van der Waals surface area contributed by atoms with Crippen molar-refractivity contribution >= 4 is 22.5 Å². The van der Waals surface area contributed by atoms with E-state index in [9.17, 15) is 4.79 Å². The fourth-order valence-electron chi connectivity index (χ4n) is 4.63. The van der Waals surface area contributed by atoms with E-state index in [4.69, 9.17) is 4.74 Å². The molecular weight excluding hydrogens is 412 g/mol. The topological polar surface area (TPSA) is 60.6 Å². The van der Waals surface area contributed by atoms with Gasteiger partial charge in [0.05, 0.1) is 17.8 Å². The Morgan fingerprint density at radius 2 is 1.88 bits per heavy atom. The van der Waals surface area contributed by atoms with Gasteiger partial charge in [-0.25, -0.2) is 0 Å². The number of fused-ring (bicyclic) bond motifs is 1. The van der Waals surface area contributed by atoms with Crippen LogP contribution in [0, 0.1) is 27.7 Å². The molecule has 2 heterocycles. The number of hydrogen-bond donors (Lipinski definition) is 2. The number of aryl methyl sites for hydroxylation is 4. The van der Waals surface area contributed by atoms with Gasteiger partial charge in [-0.05, 0) is 69.1 Å². The third-order valence-corrected chi connectivity index (χ3v) is 7.19. The SMILES string of the molecule is COCCN(C)C1CN(C(=O)c2cc(NCc3c(C)cccc3C)c3[nH]c(C)c(C)c3c2)C1. The lowest BCUT2D eigenvalue weighted by Crippen LogP contribution is -2.60. The molecule has 0 radical (unpaired) electrons. The molecule has 176 valence electrons. The van der Waals surface area contributed by atoms with E-state index >= 15 is 0 Å². The number of anilines is 1. The quantitative estimate of drug-likeness (QED) is 0.536. The molecule has 1 fully saturated rings. The number of aromatic nitrogens is 1. The summed E-state index contributed by atoms with van der Waals surface area (Å²) in [6, 6.07) is 10.8. The highest BCUT2D eigenvalue weighted by Crippen LogP contribution is 2.31. The van der Waals surface area contributed by atoms with Crippen LogP contribution in [0.2, 0.25) is 0 Å². The van der Waals surface area contributed by atoms with Gasteiger partial charge in [-0.1, -0.05) is 18.2 Å². The number of methoxy groups -OCH3 is 1. The normalized spacial score (nSPS) is 14.2. The van der Waals surface area contributed by atoms with Crippen molar-refractivity contribution in [2.24, 2.45) is 0 Å². The summed E-state index contributed by atoms with van der Waals surface area (Å²) >= 11 is 0. The first-order chi connectivity index (χ1) is 15.8. The molecule has 33 heavy (non-hydrogen) atoms. The molecule has 1 aromatic heterocycles. The van der Waals surface area contributed by atoms with Crippen LogP contribution in [0.5, 0.6) is 0 Å². The monoisotopic (exact) mass is 448 g/mol. The minimum atomic E-state index is 0.0988. The molecule has 0 spiro atoms. The van der Waals surface area contributed by atoms with Crippen molar-refractivity contribution < 1.29 is 9.53 Å². The first kappa shape index (κ1) is 23.3. The number of hydrogen-bond acceptors (Lipinski definition) is 4. The van der Waals surface area contributed by atoms with E-state index in [0.717, 1.165) is 54.0 Å². The highest BCUT2D eigenvalue weighted by Gasteiger charge is 2.34. The molecule has 6 nitrogen and oxygen atoms in total. The molecule has 1 aliphatic rings. The lowest BCUT2D eigenvalue weighted by atomic mass is 10.0. The lowest BCUT2D eigenvalue weighted by Gasteiger charge is -2.44. The van der Waals surface area contributed by atoms with E-state index in [1.165, 1.54) is 22.3 Å². The molecule has 2 N–H and O–H groups in total. The highest BCUT2D eigenvalue weighted by molar-refractivity contribution is 6.04. The second-order valence-corrected chi connectivity index (χ2v) is 9.38. The minimum Gasteiger partial charge on any atom is -0.383 e. The molecule has 6 heteroatoms. The van der Waals surface area contributed by atoms with Crippen LogP contribution in [0.1, 0.15) is 38.3 Å². The smallest absolute Gasteiger partial charge is 0.254 e. The zero-order valence-corrected chi connectivity index (χ0v) is 20.7. The molecular formula is C27H36N4O2. The third kappa shape index (κ3) is 4.63. The molecule has 1 saturated heterocycles. The van der Waals surface area contributed by atoms with E-state index in [-0.39, 0.29) is 5.91 Å². The maximum absolute atomic E-state index is 13.4. The number of ether oxygens (including phenoxy) is 1. The number of carbonyl (C=O) groups is 1. The molecule has 0 unspecified atom stereocenters. The van der Waals surface area contributed by atoms with Crippen molar-refractivity contribution in [1.29, 1.82) is 0 Å². The fraction of sp³-hybridized carbons (Fsp3) is 0.444. The van der Waals surface area contributed by atoms with Crippen molar-refractivity contribution in [3.8, 4) is 0 Å². The fourth-order valence-corrected chi connectivity index (χ4v) is 4.63. The molecule has 1 aliphatic heterocycles. The average Bonchev–Trinajstić information content (AvgIpc) is 3.04. The van der Waals surface area contributed by atoms with Gasteiger partial charge in [-0.15, -0.1) is 0 Å². The highest BCUT2D eigenvalue weighted by atomic mass is 16.5. The van der Waals surface area contributed by atoms with Gasteiger partial charge in [0.1, 0.15) is 0 Å². The molecule has 2 aromatic carbocycles. The van der Waals surface area contributed by atoms with Crippen molar-refractivity contribution in [1.82, 2.24) is 14.8 Å². The first-order valence-corrected chi connectivity index (χ1v) is 11.7. The third-order valence-electron chi connectivity index (χ3n) is 7.19. The van der Waals surface area contributed by atoms with Crippen LogP contribution in [-0.4, -0.2) is 67.1 Å². The summed E-state index contributed by atoms with van der Waals surface area (Å²) in [5.41, 5.74) is 8.95. The number of H-pyrrole nitrogens is 1.